The second kappa shape index (κ2) is 7.94. The normalized spacial score (nSPS) is 13.6. The number of carbonyl (C=O) groups is 1. The molecular weight excluding hydrogens is 264 g/mol. The monoisotopic (exact) mass is 284 g/mol. The van der Waals surface area contributed by atoms with Crippen LogP contribution in [0.4, 0.5) is 0 Å². The molecule has 0 saturated heterocycles. The Morgan fingerprint density at radius 1 is 1.26 bits per heavy atom. The maximum Gasteiger partial charge on any atom is 0.309 e. The van der Waals surface area contributed by atoms with E-state index in [1.165, 1.54) is 7.11 Å². The summed E-state index contributed by atoms with van der Waals surface area (Å²) in [6.07, 6.45) is 0.727. The lowest BCUT2D eigenvalue weighted by Crippen LogP contribution is -2.21. The number of methoxy groups -OCH3 is 2. The molecule has 0 aromatic heterocycles. The van der Waals surface area contributed by atoms with E-state index in [2.05, 4.69) is 4.74 Å². The molecule has 0 aliphatic rings. The molecule has 0 fully saturated rings. The molecule has 4 nitrogen and oxygen atoms in total. The molecule has 0 spiro atoms. The van der Waals surface area contributed by atoms with Gasteiger partial charge in [0.15, 0.2) is 0 Å². The van der Waals surface area contributed by atoms with Crippen molar-refractivity contribution in [3.8, 4) is 5.75 Å². The Labute approximate surface area is 116 Å². The third kappa shape index (κ3) is 5.42. The number of esters is 1. The Kier molecular flexibility index (Phi) is 6.56. The second-order valence-corrected chi connectivity index (χ2v) is 5.95. The highest BCUT2D eigenvalue weighted by Crippen LogP contribution is 2.12. The number of carbonyl (C=O) groups excluding carboxylic acids is 1. The first-order chi connectivity index (χ1) is 9.06. The Hall–Kier alpha value is -1.36. The number of hydrogen-bond acceptors (Lipinski definition) is 4. The summed E-state index contributed by atoms with van der Waals surface area (Å²) in [6.45, 7) is 1.73. The van der Waals surface area contributed by atoms with E-state index in [-0.39, 0.29) is 11.9 Å². The van der Waals surface area contributed by atoms with Crippen molar-refractivity contribution < 1.29 is 18.5 Å². The molecule has 2 unspecified atom stereocenters. The van der Waals surface area contributed by atoms with E-state index >= 15 is 0 Å². The smallest absolute Gasteiger partial charge is 0.309 e. The van der Waals surface area contributed by atoms with Gasteiger partial charge in [0.25, 0.3) is 0 Å². The first kappa shape index (κ1) is 15.7. The van der Waals surface area contributed by atoms with Crippen molar-refractivity contribution in [3.63, 3.8) is 0 Å². The van der Waals surface area contributed by atoms with Crippen LogP contribution in [-0.4, -0.2) is 35.9 Å². The van der Waals surface area contributed by atoms with E-state index in [0.717, 1.165) is 17.7 Å². The lowest BCUT2D eigenvalue weighted by atomic mass is 10.2. The molecule has 2 atom stereocenters. The van der Waals surface area contributed by atoms with Crippen LogP contribution in [0.25, 0.3) is 0 Å². The lowest BCUT2D eigenvalue weighted by Gasteiger charge is -2.09. The number of benzene rings is 1. The van der Waals surface area contributed by atoms with Gasteiger partial charge in [0.1, 0.15) is 5.75 Å². The summed E-state index contributed by atoms with van der Waals surface area (Å²) in [5, 5.41) is 0. The summed E-state index contributed by atoms with van der Waals surface area (Å²) in [5.74, 6) is 1.08. The quantitative estimate of drug-likeness (QED) is 0.716. The fraction of sp³-hybridized carbons (Fsp3) is 0.500. The minimum atomic E-state index is -1.01. The molecule has 1 aromatic rings. The molecule has 0 saturated carbocycles. The molecule has 0 aliphatic carbocycles. The molecule has 0 radical (unpaired) electrons. The fourth-order valence-corrected chi connectivity index (χ4v) is 2.98. The summed E-state index contributed by atoms with van der Waals surface area (Å²) in [4.78, 5) is 11.2. The number of rotatable bonds is 7. The fourth-order valence-electron chi connectivity index (χ4n) is 1.66. The van der Waals surface area contributed by atoms with Crippen LogP contribution >= 0.6 is 0 Å². The molecule has 106 valence electrons. The highest BCUT2D eigenvalue weighted by molar-refractivity contribution is 7.85. The summed E-state index contributed by atoms with van der Waals surface area (Å²) < 4.78 is 21.5. The number of ether oxygens (including phenoxy) is 2. The summed E-state index contributed by atoms with van der Waals surface area (Å²) >= 11 is 0. The maximum atomic E-state index is 11.8. The third-order valence-electron chi connectivity index (χ3n) is 2.82. The van der Waals surface area contributed by atoms with Crippen LogP contribution in [0.1, 0.15) is 12.5 Å². The van der Waals surface area contributed by atoms with Gasteiger partial charge in [-0.2, -0.15) is 0 Å². The first-order valence-corrected chi connectivity index (χ1v) is 7.61. The number of aryl methyl sites for hydroxylation is 1. The van der Waals surface area contributed by atoms with Gasteiger partial charge in [0.2, 0.25) is 0 Å². The van der Waals surface area contributed by atoms with Crippen LogP contribution in [-0.2, 0) is 26.8 Å². The molecule has 1 rings (SSSR count). The van der Waals surface area contributed by atoms with Crippen LogP contribution in [0, 0.1) is 5.92 Å². The van der Waals surface area contributed by atoms with Gasteiger partial charge in [-0.15, -0.1) is 0 Å². The summed E-state index contributed by atoms with van der Waals surface area (Å²) in [5.41, 5.74) is 1.11. The van der Waals surface area contributed by atoms with Gasteiger partial charge in [-0.05, 0) is 24.1 Å². The van der Waals surface area contributed by atoms with E-state index < -0.39 is 10.8 Å². The zero-order chi connectivity index (χ0) is 14.3. The zero-order valence-electron chi connectivity index (χ0n) is 11.5. The van der Waals surface area contributed by atoms with Gasteiger partial charge in [-0.25, -0.2) is 0 Å². The summed E-state index contributed by atoms with van der Waals surface area (Å²) in [7, 11) is 1.96. The Morgan fingerprint density at radius 3 is 2.42 bits per heavy atom. The van der Waals surface area contributed by atoms with Crippen LogP contribution in [0.5, 0.6) is 5.75 Å². The molecule has 5 heteroatoms. The lowest BCUT2D eigenvalue weighted by molar-refractivity contribution is -0.144. The molecule has 0 N–H and O–H groups in total. The van der Waals surface area contributed by atoms with E-state index in [1.54, 1.807) is 14.0 Å². The van der Waals surface area contributed by atoms with E-state index in [4.69, 9.17) is 4.74 Å². The van der Waals surface area contributed by atoms with Gasteiger partial charge in [0.05, 0.1) is 20.1 Å². The molecule has 0 bridgehead atoms. The van der Waals surface area contributed by atoms with Gasteiger partial charge < -0.3 is 9.47 Å². The van der Waals surface area contributed by atoms with E-state index in [0.29, 0.717) is 11.5 Å². The Morgan fingerprint density at radius 2 is 1.89 bits per heavy atom. The minimum absolute atomic E-state index is 0.308. The van der Waals surface area contributed by atoms with E-state index in [9.17, 15) is 9.00 Å². The predicted molar refractivity (Wildman–Crippen MR) is 75.8 cm³/mol. The Bertz CT molecular complexity index is 428. The van der Waals surface area contributed by atoms with Gasteiger partial charge in [0, 0.05) is 22.3 Å². The predicted octanol–water partition coefficient (Wildman–Crippen LogP) is 1.80. The molecular formula is C14H20O4S. The largest absolute Gasteiger partial charge is 0.497 e. The van der Waals surface area contributed by atoms with Gasteiger partial charge >= 0.3 is 5.97 Å². The average molecular weight is 284 g/mol. The van der Waals surface area contributed by atoms with Crippen LogP contribution in [0.15, 0.2) is 24.3 Å². The van der Waals surface area contributed by atoms with Crippen molar-refractivity contribution in [2.45, 2.75) is 13.3 Å². The van der Waals surface area contributed by atoms with Crippen molar-refractivity contribution >= 4 is 16.8 Å². The second-order valence-electron chi connectivity index (χ2n) is 4.33. The van der Waals surface area contributed by atoms with E-state index in [1.807, 2.05) is 24.3 Å². The molecule has 0 amide bonds. The molecule has 19 heavy (non-hydrogen) atoms. The highest BCUT2D eigenvalue weighted by atomic mass is 32.2. The average Bonchev–Trinajstić information content (AvgIpc) is 2.44. The molecule has 0 heterocycles. The minimum Gasteiger partial charge on any atom is -0.497 e. The zero-order valence-corrected chi connectivity index (χ0v) is 12.4. The van der Waals surface area contributed by atoms with Crippen LogP contribution < -0.4 is 4.74 Å². The SMILES string of the molecule is COC(=O)C(C)CS(=O)CCc1ccc(OC)cc1. The maximum absolute atomic E-state index is 11.8. The van der Waals surface area contributed by atoms with Crippen molar-refractivity contribution in [1.29, 1.82) is 0 Å². The van der Waals surface area contributed by atoms with Crippen molar-refractivity contribution in [2.24, 2.45) is 5.92 Å². The van der Waals surface area contributed by atoms with Crippen molar-refractivity contribution in [2.75, 3.05) is 25.7 Å². The third-order valence-corrected chi connectivity index (χ3v) is 4.35. The first-order valence-electron chi connectivity index (χ1n) is 6.12. The van der Waals surface area contributed by atoms with Crippen LogP contribution in [0.2, 0.25) is 0 Å². The van der Waals surface area contributed by atoms with Crippen molar-refractivity contribution in [3.05, 3.63) is 29.8 Å². The topological polar surface area (TPSA) is 52.6 Å². The van der Waals surface area contributed by atoms with Crippen molar-refractivity contribution in [1.82, 2.24) is 0 Å². The molecule has 0 aliphatic heterocycles. The summed E-state index contributed by atoms with van der Waals surface area (Å²) in [6, 6.07) is 7.68. The number of hydrogen-bond donors (Lipinski definition) is 0. The standard InChI is InChI=1S/C14H20O4S/c1-11(14(15)18-3)10-19(16)9-8-12-4-6-13(17-2)7-5-12/h4-7,11H,8-10H2,1-3H3. The van der Waals surface area contributed by atoms with Gasteiger partial charge in [-0.1, -0.05) is 19.1 Å². The molecule has 1 aromatic carbocycles. The van der Waals surface area contributed by atoms with Crippen LogP contribution in [0.3, 0.4) is 0 Å². The Balaban J connectivity index is 2.39. The highest BCUT2D eigenvalue weighted by Gasteiger charge is 2.16. The van der Waals surface area contributed by atoms with Gasteiger partial charge in [-0.3, -0.25) is 9.00 Å².